The minimum Gasteiger partial charge on any atom is -0.352 e. The Morgan fingerprint density at radius 3 is 2.50 bits per heavy atom. The molecule has 3 rings (SSSR count). The maximum absolute atomic E-state index is 12.9. The van der Waals surface area contributed by atoms with Crippen molar-refractivity contribution >= 4 is 15.9 Å². The van der Waals surface area contributed by atoms with E-state index in [1.807, 2.05) is 0 Å². The highest BCUT2D eigenvalue weighted by Gasteiger charge is 2.33. The molecular weight excluding hydrogens is 355 g/mol. The first kappa shape index (κ1) is 18.5. The summed E-state index contributed by atoms with van der Waals surface area (Å²) in [5.41, 5.74) is 0.796. The van der Waals surface area contributed by atoms with Crippen LogP contribution in [0.3, 0.4) is 0 Å². The lowest BCUT2D eigenvalue weighted by Crippen LogP contribution is -2.45. The third-order valence-corrected chi connectivity index (χ3v) is 6.40. The van der Waals surface area contributed by atoms with Gasteiger partial charge in [-0.3, -0.25) is 4.79 Å². The molecule has 2 aromatic rings. The second-order valence-corrected chi connectivity index (χ2v) is 8.30. The predicted octanol–water partition coefficient (Wildman–Crippen LogP) is 2.54. The summed E-state index contributed by atoms with van der Waals surface area (Å²) in [6, 6.07) is 14.2. The largest absolute Gasteiger partial charge is 0.352 e. The lowest BCUT2D eigenvalue weighted by Gasteiger charge is -2.31. The highest BCUT2D eigenvalue weighted by Crippen LogP contribution is 2.23. The number of benzene rings is 2. The molecule has 1 N–H and O–H groups in total. The summed E-state index contributed by atoms with van der Waals surface area (Å²) in [5, 5.41) is 2.82. The van der Waals surface area contributed by atoms with Gasteiger partial charge in [-0.25, -0.2) is 12.8 Å². The highest BCUT2D eigenvalue weighted by atomic mass is 32.2. The maximum Gasteiger partial charge on any atom is 0.243 e. The van der Waals surface area contributed by atoms with Crippen molar-refractivity contribution in [3.63, 3.8) is 0 Å². The Morgan fingerprint density at radius 1 is 1.12 bits per heavy atom. The SMILES string of the molecule is O=C(NCc1ccc(F)cc1)[C@@H]1CCCN(S(=O)(=O)c2ccccc2)C1. The van der Waals surface area contributed by atoms with Gasteiger partial charge in [-0.15, -0.1) is 0 Å². The minimum atomic E-state index is -3.59. The van der Waals surface area contributed by atoms with Gasteiger partial charge in [0.1, 0.15) is 5.82 Å². The molecular formula is C19H21FN2O3S. The van der Waals surface area contributed by atoms with Crippen LogP contribution in [0, 0.1) is 11.7 Å². The minimum absolute atomic E-state index is 0.173. The van der Waals surface area contributed by atoms with Crippen molar-refractivity contribution < 1.29 is 17.6 Å². The molecule has 26 heavy (non-hydrogen) atoms. The van der Waals surface area contributed by atoms with E-state index in [4.69, 9.17) is 0 Å². The first-order valence-corrected chi connectivity index (χ1v) is 9.98. The van der Waals surface area contributed by atoms with Crippen molar-refractivity contribution in [2.75, 3.05) is 13.1 Å². The van der Waals surface area contributed by atoms with Gasteiger partial charge in [-0.05, 0) is 42.7 Å². The van der Waals surface area contributed by atoms with E-state index in [2.05, 4.69) is 5.32 Å². The highest BCUT2D eigenvalue weighted by molar-refractivity contribution is 7.89. The second kappa shape index (κ2) is 7.97. The zero-order valence-electron chi connectivity index (χ0n) is 14.3. The first-order valence-electron chi connectivity index (χ1n) is 8.54. The van der Waals surface area contributed by atoms with Gasteiger partial charge in [-0.1, -0.05) is 30.3 Å². The number of carbonyl (C=O) groups excluding carboxylic acids is 1. The standard InChI is InChI=1S/C19H21FN2O3S/c20-17-10-8-15(9-11-17)13-21-19(23)16-5-4-12-22(14-16)26(24,25)18-6-2-1-3-7-18/h1-3,6-11,16H,4-5,12-14H2,(H,21,23)/t16-/m1/s1. The molecule has 5 nitrogen and oxygen atoms in total. The molecule has 7 heteroatoms. The summed E-state index contributed by atoms with van der Waals surface area (Å²) in [5.74, 6) is -0.890. The van der Waals surface area contributed by atoms with Gasteiger partial charge in [0.15, 0.2) is 0 Å². The number of hydrogen-bond acceptors (Lipinski definition) is 3. The summed E-state index contributed by atoms with van der Waals surface area (Å²) in [6.45, 7) is 0.881. The number of amides is 1. The van der Waals surface area contributed by atoms with Crippen LogP contribution in [-0.2, 0) is 21.4 Å². The lowest BCUT2D eigenvalue weighted by molar-refractivity contribution is -0.126. The van der Waals surface area contributed by atoms with E-state index in [1.165, 1.54) is 16.4 Å². The van der Waals surface area contributed by atoms with Crippen molar-refractivity contribution in [3.05, 3.63) is 66.0 Å². The Balaban J connectivity index is 1.62. The molecule has 0 bridgehead atoms. The average Bonchev–Trinajstić information content (AvgIpc) is 2.68. The van der Waals surface area contributed by atoms with Crippen LogP contribution in [-0.4, -0.2) is 31.7 Å². The van der Waals surface area contributed by atoms with Gasteiger partial charge in [0.25, 0.3) is 0 Å². The molecule has 0 aliphatic carbocycles. The molecule has 1 saturated heterocycles. The second-order valence-electron chi connectivity index (χ2n) is 6.36. The molecule has 0 spiro atoms. The smallest absolute Gasteiger partial charge is 0.243 e. The Labute approximate surface area is 152 Å². The topological polar surface area (TPSA) is 66.5 Å². The van der Waals surface area contributed by atoms with Crippen LogP contribution < -0.4 is 5.32 Å². The zero-order chi connectivity index (χ0) is 18.6. The van der Waals surface area contributed by atoms with Crippen LogP contribution in [0.5, 0.6) is 0 Å². The van der Waals surface area contributed by atoms with Gasteiger partial charge < -0.3 is 5.32 Å². The first-order chi connectivity index (χ1) is 12.5. The van der Waals surface area contributed by atoms with Crippen LogP contribution in [0.2, 0.25) is 0 Å². The molecule has 1 aliphatic rings. The number of carbonyl (C=O) groups is 1. The maximum atomic E-state index is 12.9. The van der Waals surface area contributed by atoms with E-state index in [0.29, 0.717) is 25.9 Å². The number of sulfonamides is 1. The van der Waals surface area contributed by atoms with Crippen molar-refractivity contribution in [1.29, 1.82) is 0 Å². The molecule has 1 aliphatic heterocycles. The van der Waals surface area contributed by atoms with E-state index in [9.17, 15) is 17.6 Å². The summed E-state index contributed by atoms with van der Waals surface area (Å²) < 4.78 is 39.8. The number of nitrogens with one attached hydrogen (secondary N) is 1. The quantitative estimate of drug-likeness (QED) is 0.872. The van der Waals surface area contributed by atoms with Gasteiger partial charge >= 0.3 is 0 Å². The number of nitrogens with zero attached hydrogens (tertiary/aromatic N) is 1. The molecule has 2 aromatic carbocycles. The van der Waals surface area contributed by atoms with Gasteiger partial charge in [0, 0.05) is 19.6 Å². The number of piperidine rings is 1. The molecule has 1 heterocycles. The van der Waals surface area contributed by atoms with E-state index in [0.717, 1.165) is 5.56 Å². The summed E-state index contributed by atoms with van der Waals surface area (Å²) in [4.78, 5) is 12.7. The van der Waals surface area contributed by atoms with Crippen LogP contribution in [0.4, 0.5) is 4.39 Å². The van der Waals surface area contributed by atoms with E-state index in [1.54, 1.807) is 42.5 Å². The van der Waals surface area contributed by atoms with E-state index < -0.39 is 10.0 Å². The third kappa shape index (κ3) is 4.28. The average molecular weight is 376 g/mol. The van der Waals surface area contributed by atoms with Crippen molar-refractivity contribution in [2.24, 2.45) is 5.92 Å². The number of hydrogen-bond donors (Lipinski definition) is 1. The van der Waals surface area contributed by atoms with Gasteiger partial charge in [0.2, 0.25) is 15.9 Å². The number of rotatable bonds is 5. The Bertz CT molecular complexity index is 854. The van der Waals surface area contributed by atoms with Crippen molar-refractivity contribution in [2.45, 2.75) is 24.3 Å². The monoisotopic (exact) mass is 376 g/mol. The van der Waals surface area contributed by atoms with Crippen molar-refractivity contribution in [1.82, 2.24) is 9.62 Å². The molecule has 1 fully saturated rings. The summed E-state index contributed by atoms with van der Waals surface area (Å²) in [6.07, 6.45) is 1.29. The fraction of sp³-hybridized carbons (Fsp3) is 0.316. The number of halogens is 1. The summed E-state index contributed by atoms with van der Waals surface area (Å²) in [7, 11) is -3.59. The van der Waals surface area contributed by atoms with Crippen LogP contribution in [0.1, 0.15) is 18.4 Å². The van der Waals surface area contributed by atoms with E-state index >= 15 is 0 Å². The Morgan fingerprint density at radius 2 is 1.81 bits per heavy atom. The normalized spacial score (nSPS) is 18.4. The van der Waals surface area contributed by atoms with Gasteiger partial charge in [-0.2, -0.15) is 4.31 Å². The predicted molar refractivity (Wildman–Crippen MR) is 96.2 cm³/mol. The fourth-order valence-electron chi connectivity index (χ4n) is 3.05. The molecule has 1 amide bonds. The molecule has 0 aromatic heterocycles. The molecule has 0 radical (unpaired) electrons. The Kier molecular flexibility index (Phi) is 5.68. The lowest BCUT2D eigenvalue weighted by atomic mass is 9.99. The van der Waals surface area contributed by atoms with Crippen LogP contribution in [0.15, 0.2) is 59.5 Å². The van der Waals surface area contributed by atoms with Gasteiger partial charge in [0.05, 0.1) is 10.8 Å². The van der Waals surface area contributed by atoms with E-state index in [-0.39, 0.29) is 29.1 Å². The zero-order valence-corrected chi connectivity index (χ0v) is 15.1. The van der Waals surface area contributed by atoms with Crippen molar-refractivity contribution in [3.8, 4) is 0 Å². The molecule has 0 unspecified atom stereocenters. The third-order valence-electron chi connectivity index (χ3n) is 4.52. The molecule has 138 valence electrons. The summed E-state index contributed by atoms with van der Waals surface area (Å²) >= 11 is 0. The van der Waals surface area contributed by atoms with Crippen LogP contribution in [0.25, 0.3) is 0 Å². The van der Waals surface area contributed by atoms with Crippen LogP contribution >= 0.6 is 0 Å². The fourth-order valence-corrected chi connectivity index (χ4v) is 4.60. The molecule has 1 atom stereocenters. The molecule has 0 saturated carbocycles. The Hall–Kier alpha value is -2.25.